The molecule has 5 atom stereocenters. The zero-order chi connectivity index (χ0) is 23.4. The van der Waals surface area contributed by atoms with E-state index < -0.39 is 11.2 Å². The molecule has 1 saturated heterocycles. The number of hydrogen-bond acceptors (Lipinski definition) is 4. The molecule has 1 aromatic carbocycles. The highest BCUT2D eigenvalue weighted by molar-refractivity contribution is 5.93. The van der Waals surface area contributed by atoms with Gasteiger partial charge in [-0.3, -0.25) is 4.79 Å². The Balaban J connectivity index is 1.68. The van der Waals surface area contributed by atoms with Crippen LogP contribution in [0.15, 0.2) is 47.1 Å². The average molecular weight is 446 g/mol. The molecule has 1 aliphatic heterocycles. The first-order valence-corrected chi connectivity index (χ1v) is 12.3. The van der Waals surface area contributed by atoms with Crippen LogP contribution in [0.25, 0.3) is 0 Å². The number of aliphatic hydroxyl groups is 1. The maximum atomic E-state index is 12.2. The van der Waals surface area contributed by atoms with Crippen LogP contribution < -0.4 is 4.90 Å². The molecule has 0 amide bonds. The summed E-state index contributed by atoms with van der Waals surface area (Å²) in [7, 11) is 4.12. The van der Waals surface area contributed by atoms with Crippen molar-refractivity contribution in [2.24, 2.45) is 17.3 Å². The first-order valence-electron chi connectivity index (χ1n) is 12.3. The molecule has 0 aromatic heterocycles. The van der Waals surface area contributed by atoms with Crippen LogP contribution in [0.1, 0.15) is 63.9 Å². The zero-order valence-corrected chi connectivity index (χ0v) is 20.3. The van der Waals surface area contributed by atoms with Gasteiger partial charge in [-0.2, -0.15) is 0 Å². The molecule has 1 N–H and O–H groups in total. The van der Waals surface area contributed by atoms with Gasteiger partial charge in [0, 0.05) is 37.5 Å². The number of ketones is 1. The Morgan fingerprint density at radius 1 is 1.12 bits per heavy atom. The van der Waals surface area contributed by atoms with Gasteiger partial charge in [0.15, 0.2) is 5.78 Å². The summed E-state index contributed by atoms with van der Waals surface area (Å²) < 4.78 is 6.02. The fourth-order valence-electron chi connectivity index (χ4n) is 7.08. The van der Waals surface area contributed by atoms with Gasteiger partial charge in [0.25, 0.3) is 0 Å². The minimum Gasteiger partial charge on any atom is -0.378 e. The molecule has 1 aromatic rings. The molecule has 4 heteroatoms. The molecule has 2 fully saturated rings. The number of ether oxygens (including phenoxy) is 1. The van der Waals surface area contributed by atoms with E-state index in [0.717, 1.165) is 32.1 Å². The van der Waals surface area contributed by atoms with Crippen molar-refractivity contribution in [3.05, 3.63) is 52.6 Å². The summed E-state index contributed by atoms with van der Waals surface area (Å²) in [6, 6.07) is 8.86. The van der Waals surface area contributed by atoms with Gasteiger partial charge in [0.05, 0.1) is 6.61 Å². The molecule has 1 heterocycles. The standard InChI is InChI=1S/C29H35NO3/c1-5-15-29(32)28(2)18-25(19-6-9-21(10-7-19)30(3)4)27-23-13-11-22(31)17-20(23)8-12-24(27)26(28)14-16-33-29/h6-7,9-10,17,24-26,32H,8,11-14,16,18H2,1-4H3/t24-,25-,26-,28-,29+/m0/s1. The summed E-state index contributed by atoms with van der Waals surface area (Å²) in [6.07, 6.45) is 7.08. The van der Waals surface area contributed by atoms with Gasteiger partial charge in [-0.1, -0.05) is 24.6 Å². The van der Waals surface area contributed by atoms with Crippen molar-refractivity contribution in [2.45, 2.75) is 64.1 Å². The molecule has 0 unspecified atom stereocenters. The number of fused-ring (bicyclic) bond motifs is 4. The number of rotatable bonds is 2. The molecule has 4 aliphatic rings. The predicted octanol–water partition coefficient (Wildman–Crippen LogP) is 4.99. The lowest BCUT2D eigenvalue weighted by molar-refractivity contribution is -0.285. The van der Waals surface area contributed by atoms with Gasteiger partial charge in [-0.05, 0) is 91.7 Å². The smallest absolute Gasteiger partial charge is 0.236 e. The van der Waals surface area contributed by atoms with Crippen LogP contribution in [0, 0.1) is 29.1 Å². The molecular formula is C29H35NO3. The molecule has 4 nitrogen and oxygen atoms in total. The molecule has 33 heavy (non-hydrogen) atoms. The molecule has 0 bridgehead atoms. The van der Waals surface area contributed by atoms with E-state index in [1.807, 2.05) is 6.08 Å². The molecule has 5 rings (SSSR count). The van der Waals surface area contributed by atoms with Gasteiger partial charge in [0.1, 0.15) is 0 Å². The Bertz CT molecular complexity index is 1090. The van der Waals surface area contributed by atoms with Crippen molar-refractivity contribution >= 4 is 11.5 Å². The zero-order valence-electron chi connectivity index (χ0n) is 20.3. The quantitative estimate of drug-likeness (QED) is 0.652. The second-order valence-corrected chi connectivity index (χ2v) is 10.6. The average Bonchev–Trinajstić information content (AvgIpc) is 2.79. The van der Waals surface area contributed by atoms with Gasteiger partial charge < -0.3 is 14.7 Å². The first-order chi connectivity index (χ1) is 15.8. The van der Waals surface area contributed by atoms with E-state index >= 15 is 0 Å². The van der Waals surface area contributed by atoms with Crippen LogP contribution in [-0.2, 0) is 9.53 Å². The fourth-order valence-corrected chi connectivity index (χ4v) is 7.08. The second-order valence-electron chi connectivity index (χ2n) is 10.6. The Morgan fingerprint density at radius 3 is 2.58 bits per heavy atom. The van der Waals surface area contributed by atoms with Crippen molar-refractivity contribution in [3.8, 4) is 11.8 Å². The molecule has 0 spiro atoms. The topological polar surface area (TPSA) is 49.8 Å². The molecular weight excluding hydrogens is 410 g/mol. The van der Waals surface area contributed by atoms with E-state index in [9.17, 15) is 9.90 Å². The van der Waals surface area contributed by atoms with E-state index in [2.05, 4.69) is 62.0 Å². The van der Waals surface area contributed by atoms with Crippen LogP contribution >= 0.6 is 0 Å². The molecule has 0 radical (unpaired) electrons. The molecule has 3 aliphatic carbocycles. The SMILES string of the molecule is CC#C[C@@]1(O)OCC[C@H]2[C@@H]3CCC4=CC(=O)CCC4=C3[C@H](c3ccc(N(C)C)cc3)C[C@@]21C. The van der Waals surface area contributed by atoms with Crippen molar-refractivity contribution in [3.63, 3.8) is 0 Å². The number of hydrogen-bond donors (Lipinski definition) is 1. The summed E-state index contributed by atoms with van der Waals surface area (Å²) in [5, 5.41) is 11.7. The van der Waals surface area contributed by atoms with E-state index in [-0.39, 0.29) is 11.7 Å². The van der Waals surface area contributed by atoms with Gasteiger partial charge in [0.2, 0.25) is 5.79 Å². The van der Waals surface area contributed by atoms with E-state index in [0.29, 0.717) is 24.9 Å². The third kappa shape index (κ3) is 3.49. The number of nitrogens with zero attached hydrogens (tertiary/aromatic N) is 1. The predicted molar refractivity (Wildman–Crippen MR) is 131 cm³/mol. The van der Waals surface area contributed by atoms with E-state index in [1.54, 1.807) is 6.92 Å². The maximum absolute atomic E-state index is 12.2. The summed E-state index contributed by atoms with van der Waals surface area (Å²) in [6.45, 7) is 4.51. The summed E-state index contributed by atoms with van der Waals surface area (Å²) in [5.74, 6) is 5.72. The summed E-state index contributed by atoms with van der Waals surface area (Å²) in [4.78, 5) is 14.3. The van der Waals surface area contributed by atoms with Gasteiger partial charge in [-0.25, -0.2) is 0 Å². The third-order valence-corrected chi connectivity index (χ3v) is 8.74. The number of carbonyl (C=O) groups is 1. The Labute approximate surface area is 197 Å². The van der Waals surface area contributed by atoms with Crippen LogP contribution in [0.5, 0.6) is 0 Å². The van der Waals surface area contributed by atoms with Crippen LogP contribution in [0.2, 0.25) is 0 Å². The Kier molecular flexibility index (Phi) is 5.54. The summed E-state index contributed by atoms with van der Waals surface area (Å²) >= 11 is 0. The van der Waals surface area contributed by atoms with Crippen molar-refractivity contribution < 1.29 is 14.6 Å². The highest BCUT2D eigenvalue weighted by Crippen LogP contribution is 2.64. The van der Waals surface area contributed by atoms with Gasteiger partial charge in [-0.15, -0.1) is 5.92 Å². The summed E-state index contributed by atoms with van der Waals surface area (Å²) in [5.41, 5.74) is 6.20. The normalized spacial score (nSPS) is 35.5. The van der Waals surface area contributed by atoms with E-state index in [4.69, 9.17) is 4.74 Å². The van der Waals surface area contributed by atoms with Crippen molar-refractivity contribution in [1.29, 1.82) is 0 Å². The van der Waals surface area contributed by atoms with E-state index in [1.165, 1.54) is 28.0 Å². The largest absolute Gasteiger partial charge is 0.378 e. The lowest BCUT2D eigenvalue weighted by atomic mass is 9.49. The lowest BCUT2D eigenvalue weighted by Gasteiger charge is -2.59. The maximum Gasteiger partial charge on any atom is 0.236 e. The lowest BCUT2D eigenvalue weighted by Crippen LogP contribution is -2.60. The van der Waals surface area contributed by atoms with Crippen LogP contribution in [-0.4, -0.2) is 37.4 Å². The highest BCUT2D eigenvalue weighted by Gasteiger charge is 2.61. The van der Waals surface area contributed by atoms with Gasteiger partial charge >= 0.3 is 0 Å². The molecule has 174 valence electrons. The second kappa shape index (κ2) is 8.15. The number of benzene rings is 1. The minimum absolute atomic E-state index is 0.186. The number of carbonyl (C=O) groups excluding carboxylic acids is 1. The third-order valence-electron chi connectivity index (χ3n) is 8.74. The first kappa shape index (κ1) is 22.4. The Morgan fingerprint density at radius 2 is 1.88 bits per heavy atom. The number of allylic oxidation sites excluding steroid dienone is 4. The van der Waals surface area contributed by atoms with Crippen molar-refractivity contribution in [1.82, 2.24) is 0 Å². The Hall–Kier alpha value is -2.35. The van der Waals surface area contributed by atoms with Crippen LogP contribution in [0.4, 0.5) is 5.69 Å². The fraction of sp³-hybridized carbons (Fsp3) is 0.552. The monoisotopic (exact) mass is 445 g/mol. The highest BCUT2D eigenvalue weighted by atomic mass is 16.6. The van der Waals surface area contributed by atoms with Crippen molar-refractivity contribution in [2.75, 3.05) is 25.6 Å². The minimum atomic E-state index is -1.43. The number of anilines is 1. The van der Waals surface area contributed by atoms with Crippen LogP contribution in [0.3, 0.4) is 0 Å². The molecule has 1 saturated carbocycles.